The van der Waals surface area contributed by atoms with Crippen molar-refractivity contribution in [3.8, 4) is 0 Å². The number of amides is 1. The molecule has 3 rings (SSSR count). The van der Waals surface area contributed by atoms with Crippen molar-refractivity contribution in [3.05, 3.63) is 76.3 Å². The molecule has 0 spiro atoms. The third-order valence-corrected chi connectivity index (χ3v) is 4.33. The number of nitrogens with zero attached hydrogens (tertiary/aromatic N) is 1. The molecule has 0 saturated heterocycles. The van der Waals surface area contributed by atoms with Crippen LogP contribution in [0.1, 0.15) is 21.6 Å². The summed E-state index contributed by atoms with van der Waals surface area (Å²) < 4.78 is 68.5. The zero-order valence-corrected chi connectivity index (χ0v) is 14.8. The van der Waals surface area contributed by atoms with E-state index in [4.69, 9.17) is 0 Å². The second kappa shape index (κ2) is 7.93. The number of halogens is 5. The lowest BCUT2D eigenvalue weighted by molar-refractivity contribution is -0.137. The average molecular weight is 413 g/mol. The van der Waals surface area contributed by atoms with E-state index in [2.05, 4.69) is 15.0 Å². The summed E-state index contributed by atoms with van der Waals surface area (Å²) in [5.41, 5.74) is -0.182. The van der Waals surface area contributed by atoms with Gasteiger partial charge in [0.2, 0.25) is 0 Å². The van der Waals surface area contributed by atoms with Crippen LogP contribution in [0.2, 0.25) is 0 Å². The summed E-state index contributed by atoms with van der Waals surface area (Å²) in [7, 11) is 0. The molecule has 0 radical (unpaired) electrons. The van der Waals surface area contributed by atoms with E-state index < -0.39 is 29.3 Å². The minimum atomic E-state index is -4.53. The molecule has 0 fully saturated rings. The summed E-state index contributed by atoms with van der Waals surface area (Å²) in [6.45, 7) is 0.0967. The van der Waals surface area contributed by atoms with Gasteiger partial charge in [-0.25, -0.2) is 8.78 Å². The van der Waals surface area contributed by atoms with E-state index in [9.17, 15) is 26.7 Å². The lowest BCUT2D eigenvalue weighted by Gasteiger charge is -2.10. The maximum absolute atomic E-state index is 13.3. The maximum atomic E-state index is 13.3. The molecule has 3 aromatic rings. The SMILES string of the molecule is O=C(Nc1cccc(C(F)(F)F)c1)c1nscc1NCc1ccc(F)c(F)c1. The molecule has 146 valence electrons. The number of benzene rings is 2. The van der Waals surface area contributed by atoms with E-state index in [0.717, 1.165) is 35.8 Å². The van der Waals surface area contributed by atoms with Crippen molar-refractivity contribution in [3.63, 3.8) is 0 Å². The molecule has 0 unspecified atom stereocenters. The van der Waals surface area contributed by atoms with Crippen molar-refractivity contribution < 1.29 is 26.7 Å². The zero-order valence-electron chi connectivity index (χ0n) is 14.0. The molecule has 28 heavy (non-hydrogen) atoms. The molecule has 10 heteroatoms. The standard InChI is InChI=1S/C18H12F5N3OS/c19-13-5-4-10(6-14(13)20)8-24-15-9-28-26-16(15)17(27)25-12-3-1-2-11(7-12)18(21,22)23/h1-7,9,24H,8H2,(H,25,27). The summed E-state index contributed by atoms with van der Waals surface area (Å²) in [6.07, 6.45) is -4.53. The van der Waals surface area contributed by atoms with Crippen molar-refractivity contribution in [1.29, 1.82) is 0 Å². The fraction of sp³-hybridized carbons (Fsp3) is 0.111. The first-order chi connectivity index (χ1) is 13.2. The minimum absolute atomic E-state index is 0.0232. The molecule has 0 aliphatic heterocycles. The van der Waals surface area contributed by atoms with Gasteiger partial charge in [-0.2, -0.15) is 17.5 Å². The van der Waals surface area contributed by atoms with Gasteiger partial charge in [0.1, 0.15) is 0 Å². The van der Waals surface area contributed by atoms with Gasteiger partial charge in [0.05, 0.1) is 11.3 Å². The summed E-state index contributed by atoms with van der Waals surface area (Å²) >= 11 is 0.966. The molecule has 0 aliphatic rings. The van der Waals surface area contributed by atoms with E-state index in [0.29, 0.717) is 11.3 Å². The first kappa shape index (κ1) is 19.7. The van der Waals surface area contributed by atoms with Gasteiger partial charge in [-0.15, -0.1) is 0 Å². The van der Waals surface area contributed by atoms with Gasteiger partial charge in [0.25, 0.3) is 5.91 Å². The Morgan fingerprint density at radius 1 is 1.07 bits per heavy atom. The van der Waals surface area contributed by atoms with Crippen LogP contribution in [-0.4, -0.2) is 10.3 Å². The van der Waals surface area contributed by atoms with Crippen molar-refractivity contribution >= 4 is 28.8 Å². The number of carbonyl (C=O) groups excluding carboxylic acids is 1. The van der Waals surface area contributed by atoms with Gasteiger partial charge in [-0.3, -0.25) is 4.79 Å². The highest BCUT2D eigenvalue weighted by molar-refractivity contribution is 7.04. The largest absolute Gasteiger partial charge is 0.416 e. The van der Waals surface area contributed by atoms with Crippen molar-refractivity contribution in [1.82, 2.24) is 4.37 Å². The Hall–Kier alpha value is -3.01. The zero-order chi connectivity index (χ0) is 20.3. The van der Waals surface area contributed by atoms with E-state index >= 15 is 0 Å². The maximum Gasteiger partial charge on any atom is 0.416 e. The fourth-order valence-electron chi connectivity index (χ4n) is 2.34. The smallest absolute Gasteiger partial charge is 0.378 e. The normalized spacial score (nSPS) is 11.3. The molecule has 2 aromatic carbocycles. The van der Waals surface area contributed by atoms with E-state index in [1.165, 1.54) is 23.6 Å². The Kier molecular flexibility index (Phi) is 5.59. The van der Waals surface area contributed by atoms with Gasteiger partial charge in [0.15, 0.2) is 17.3 Å². The predicted octanol–water partition coefficient (Wildman–Crippen LogP) is 5.30. The molecule has 0 bridgehead atoms. The van der Waals surface area contributed by atoms with Crippen LogP contribution in [0.15, 0.2) is 47.8 Å². The molecule has 1 aromatic heterocycles. The van der Waals surface area contributed by atoms with Crippen LogP contribution in [0.5, 0.6) is 0 Å². The van der Waals surface area contributed by atoms with Gasteiger partial charge in [-0.1, -0.05) is 12.1 Å². The summed E-state index contributed by atoms with van der Waals surface area (Å²) in [5.74, 6) is -2.67. The van der Waals surface area contributed by atoms with Crippen LogP contribution in [0.4, 0.5) is 33.3 Å². The Morgan fingerprint density at radius 3 is 2.57 bits per heavy atom. The molecule has 4 nitrogen and oxygen atoms in total. The highest BCUT2D eigenvalue weighted by Gasteiger charge is 2.30. The minimum Gasteiger partial charge on any atom is -0.378 e. The van der Waals surface area contributed by atoms with Gasteiger partial charge >= 0.3 is 6.18 Å². The number of nitrogens with one attached hydrogen (secondary N) is 2. The molecule has 0 atom stereocenters. The third kappa shape index (κ3) is 4.63. The quantitative estimate of drug-likeness (QED) is 0.558. The Balaban J connectivity index is 1.70. The van der Waals surface area contributed by atoms with Crippen molar-refractivity contribution in [2.24, 2.45) is 0 Å². The van der Waals surface area contributed by atoms with Gasteiger partial charge < -0.3 is 10.6 Å². The Bertz CT molecular complexity index is 1000. The van der Waals surface area contributed by atoms with Crippen LogP contribution in [0.25, 0.3) is 0 Å². The first-order valence-electron chi connectivity index (χ1n) is 7.85. The van der Waals surface area contributed by atoms with E-state index in [-0.39, 0.29) is 17.9 Å². The topological polar surface area (TPSA) is 54.0 Å². The second-order valence-electron chi connectivity index (χ2n) is 5.71. The van der Waals surface area contributed by atoms with Crippen molar-refractivity contribution in [2.45, 2.75) is 12.7 Å². The lowest BCUT2D eigenvalue weighted by Crippen LogP contribution is -2.15. The molecule has 1 heterocycles. The van der Waals surface area contributed by atoms with Crippen LogP contribution in [0, 0.1) is 11.6 Å². The van der Waals surface area contributed by atoms with Crippen LogP contribution >= 0.6 is 11.5 Å². The summed E-state index contributed by atoms with van der Waals surface area (Å²) in [6, 6.07) is 7.61. The highest BCUT2D eigenvalue weighted by Crippen LogP contribution is 2.31. The Labute approximate surface area is 160 Å². The van der Waals surface area contributed by atoms with E-state index in [1.807, 2.05) is 0 Å². The van der Waals surface area contributed by atoms with Gasteiger partial charge in [0, 0.05) is 17.6 Å². The number of aromatic nitrogens is 1. The number of anilines is 2. The molecular weight excluding hydrogens is 401 g/mol. The lowest BCUT2D eigenvalue weighted by atomic mass is 10.2. The second-order valence-corrected chi connectivity index (χ2v) is 6.34. The summed E-state index contributed by atoms with van der Waals surface area (Å²) in [4.78, 5) is 12.4. The number of alkyl halides is 3. The molecule has 0 aliphatic carbocycles. The van der Waals surface area contributed by atoms with Crippen LogP contribution < -0.4 is 10.6 Å². The highest BCUT2D eigenvalue weighted by atomic mass is 32.1. The molecule has 0 saturated carbocycles. The number of rotatable bonds is 5. The van der Waals surface area contributed by atoms with Gasteiger partial charge in [-0.05, 0) is 47.4 Å². The van der Waals surface area contributed by atoms with E-state index in [1.54, 1.807) is 0 Å². The van der Waals surface area contributed by atoms with Crippen LogP contribution in [-0.2, 0) is 12.7 Å². The first-order valence-corrected chi connectivity index (χ1v) is 8.68. The molecule has 1 amide bonds. The molecular formula is C18H12F5N3OS. The third-order valence-electron chi connectivity index (χ3n) is 3.70. The molecule has 2 N–H and O–H groups in total. The summed E-state index contributed by atoms with van der Waals surface area (Å²) in [5, 5.41) is 6.77. The number of carbonyl (C=O) groups is 1. The number of hydrogen-bond donors (Lipinski definition) is 2. The van der Waals surface area contributed by atoms with Crippen LogP contribution in [0.3, 0.4) is 0 Å². The van der Waals surface area contributed by atoms with Crippen molar-refractivity contribution in [2.75, 3.05) is 10.6 Å². The number of hydrogen-bond acceptors (Lipinski definition) is 4. The predicted molar refractivity (Wildman–Crippen MR) is 95.2 cm³/mol. The average Bonchev–Trinajstić information content (AvgIpc) is 3.11. The fourth-order valence-corrected chi connectivity index (χ4v) is 2.98. The monoisotopic (exact) mass is 413 g/mol. The Morgan fingerprint density at radius 2 is 1.86 bits per heavy atom.